The van der Waals surface area contributed by atoms with Gasteiger partial charge in [0.05, 0.1) is 0 Å². The van der Waals surface area contributed by atoms with Crippen molar-refractivity contribution in [3.8, 4) is 11.4 Å². The van der Waals surface area contributed by atoms with E-state index in [1.807, 2.05) is 0 Å². The Bertz CT molecular complexity index is 561. The van der Waals surface area contributed by atoms with Gasteiger partial charge >= 0.3 is 0 Å². The molecular weight excluding hydrogens is 250 g/mol. The third kappa shape index (κ3) is 2.75. The summed E-state index contributed by atoms with van der Waals surface area (Å²) in [5.74, 6) is 1.88. The van der Waals surface area contributed by atoms with E-state index in [1.165, 1.54) is 5.56 Å². The zero-order chi connectivity index (χ0) is 13.9. The summed E-state index contributed by atoms with van der Waals surface area (Å²) in [5, 5.41) is 7.58. The number of nitrogens with one attached hydrogen (secondary N) is 1. The topological polar surface area (TPSA) is 51.0 Å². The minimum absolute atomic E-state index is 0.391. The van der Waals surface area contributed by atoms with Crippen LogP contribution in [0.15, 0.2) is 28.8 Å². The van der Waals surface area contributed by atoms with Crippen LogP contribution in [0.4, 0.5) is 0 Å². The maximum absolute atomic E-state index is 5.47. The van der Waals surface area contributed by atoms with E-state index in [0.717, 1.165) is 37.3 Å². The zero-order valence-corrected chi connectivity index (χ0v) is 12.1. The largest absolute Gasteiger partial charge is 0.339 e. The lowest BCUT2D eigenvalue weighted by Crippen LogP contribution is -2.34. The molecule has 1 aliphatic rings. The van der Waals surface area contributed by atoms with Gasteiger partial charge in [0.2, 0.25) is 11.7 Å². The average Bonchev–Trinajstić information content (AvgIpc) is 2.97. The summed E-state index contributed by atoms with van der Waals surface area (Å²) >= 11 is 0. The first-order valence-electron chi connectivity index (χ1n) is 7.42. The van der Waals surface area contributed by atoms with Crippen LogP contribution in [-0.4, -0.2) is 22.7 Å². The van der Waals surface area contributed by atoms with E-state index < -0.39 is 0 Å². The van der Waals surface area contributed by atoms with Gasteiger partial charge in [-0.1, -0.05) is 36.3 Å². The van der Waals surface area contributed by atoms with Crippen molar-refractivity contribution >= 4 is 0 Å². The molecule has 2 aromatic rings. The summed E-state index contributed by atoms with van der Waals surface area (Å²) in [6, 6.07) is 8.90. The molecule has 4 heteroatoms. The number of benzene rings is 1. The molecule has 4 nitrogen and oxygen atoms in total. The van der Waals surface area contributed by atoms with Crippen molar-refractivity contribution in [2.45, 2.75) is 45.1 Å². The second kappa shape index (κ2) is 5.75. The number of hydrogen-bond donors (Lipinski definition) is 1. The molecule has 1 fully saturated rings. The van der Waals surface area contributed by atoms with Crippen molar-refractivity contribution in [1.29, 1.82) is 0 Å². The van der Waals surface area contributed by atoms with Gasteiger partial charge in [0.15, 0.2) is 0 Å². The van der Waals surface area contributed by atoms with Crippen LogP contribution in [0, 0.1) is 0 Å². The van der Waals surface area contributed by atoms with Crippen molar-refractivity contribution < 1.29 is 4.52 Å². The third-order valence-electron chi connectivity index (χ3n) is 4.04. The van der Waals surface area contributed by atoms with Crippen LogP contribution in [0.5, 0.6) is 0 Å². The predicted octanol–water partition coefficient (Wildman–Crippen LogP) is 3.15. The number of hydrogen-bond acceptors (Lipinski definition) is 4. The molecule has 1 aromatic heterocycles. The molecular formula is C16H21N3O. The lowest BCUT2D eigenvalue weighted by atomic mass is 9.93. The molecule has 2 atom stereocenters. The summed E-state index contributed by atoms with van der Waals surface area (Å²) in [6.07, 6.45) is 3.18. The zero-order valence-electron chi connectivity index (χ0n) is 12.1. The number of aryl methyl sites for hydroxylation is 1. The van der Waals surface area contributed by atoms with Crippen molar-refractivity contribution in [2.75, 3.05) is 6.54 Å². The molecule has 2 unspecified atom stereocenters. The molecule has 20 heavy (non-hydrogen) atoms. The van der Waals surface area contributed by atoms with Gasteiger partial charge in [-0.3, -0.25) is 0 Å². The maximum atomic E-state index is 5.47. The van der Waals surface area contributed by atoms with Gasteiger partial charge in [0.25, 0.3) is 0 Å². The Labute approximate surface area is 119 Å². The molecule has 0 amide bonds. The van der Waals surface area contributed by atoms with E-state index in [-0.39, 0.29) is 0 Å². The Balaban J connectivity index is 1.78. The first kappa shape index (κ1) is 13.3. The van der Waals surface area contributed by atoms with Crippen LogP contribution in [0.25, 0.3) is 11.4 Å². The smallest absolute Gasteiger partial charge is 0.230 e. The standard InChI is InChI=1S/C16H21N3O/c1-3-12-4-6-13(7-5-12)15-18-16(20-19-15)14-8-9-17-11(2)10-14/h4-7,11,14,17H,3,8-10H2,1-2H3. The van der Waals surface area contributed by atoms with Crippen molar-refractivity contribution in [2.24, 2.45) is 0 Å². The monoisotopic (exact) mass is 271 g/mol. The van der Waals surface area contributed by atoms with Gasteiger partial charge in [0, 0.05) is 17.5 Å². The number of aromatic nitrogens is 2. The normalized spacial score (nSPS) is 22.9. The molecule has 0 radical (unpaired) electrons. The van der Waals surface area contributed by atoms with E-state index in [4.69, 9.17) is 4.52 Å². The van der Waals surface area contributed by atoms with E-state index >= 15 is 0 Å². The Hall–Kier alpha value is -1.68. The first-order valence-corrected chi connectivity index (χ1v) is 7.42. The van der Waals surface area contributed by atoms with Gasteiger partial charge in [-0.25, -0.2) is 0 Å². The van der Waals surface area contributed by atoms with Crippen LogP contribution < -0.4 is 5.32 Å². The van der Waals surface area contributed by atoms with Gasteiger partial charge in [-0.2, -0.15) is 4.98 Å². The molecule has 0 spiro atoms. The van der Waals surface area contributed by atoms with Crippen molar-refractivity contribution in [1.82, 2.24) is 15.5 Å². The van der Waals surface area contributed by atoms with Crippen LogP contribution >= 0.6 is 0 Å². The SMILES string of the molecule is CCc1ccc(-c2noc(C3CCNC(C)C3)n2)cc1. The molecule has 1 saturated heterocycles. The highest BCUT2D eigenvalue weighted by Crippen LogP contribution is 2.28. The third-order valence-corrected chi connectivity index (χ3v) is 4.04. The van der Waals surface area contributed by atoms with Crippen LogP contribution in [-0.2, 0) is 6.42 Å². The molecule has 0 aliphatic carbocycles. The summed E-state index contributed by atoms with van der Waals surface area (Å²) in [6.45, 7) is 5.38. The fourth-order valence-electron chi connectivity index (χ4n) is 2.76. The van der Waals surface area contributed by atoms with E-state index in [2.05, 4.69) is 53.6 Å². The maximum Gasteiger partial charge on any atom is 0.230 e. The highest BCUT2D eigenvalue weighted by atomic mass is 16.5. The fourth-order valence-corrected chi connectivity index (χ4v) is 2.76. The lowest BCUT2D eigenvalue weighted by Gasteiger charge is -2.25. The first-order chi connectivity index (χ1) is 9.76. The van der Waals surface area contributed by atoms with Gasteiger partial charge in [0.1, 0.15) is 0 Å². The van der Waals surface area contributed by atoms with Gasteiger partial charge in [-0.15, -0.1) is 0 Å². The summed E-state index contributed by atoms with van der Waals surface area (Å²) < 4.78 is 5.47. The summed E-state index contributed by atoms with van der Waals surface area (Å²) in [4.78, 5) is 4.59. The highest BCUT2D eigenvalue weighted by molar-refractivity contribution is 5.54. The highest BCUT2D eigenvalue weighted by Gasteiger charge is 2.25. The second-order valence-corrected chi connectivity index (χ2v) is 5.58. The van der Waals surface area contributed by atoms with Crippen molar-refractivity contribution in [3.05, 3.63) is 35.7 Å². The lowest BCUT2D eigenvalue weighted by molar-refractivity contribution is 0.295. The fraction of sp³-hybridized carbons (Fsp3) is 0.500. The van der Waals surface area contributed by atoms with E-state index in [1.54, 1.807) is 0 Å². The quantitative estimate of drug-likeness (QED) is 0.931. The molecule has 0 saturated carbocycles. The Morgan fingerprint density at radius 1 is 1.30 bits per heavy atom. The minimum atomic E-state index is 0.391. The van der Waals surface area contributed by atoms with Crippen molar-refractivity contribution in [3.63, 3.8) is 0 Å². The van der Waals surface area contributed by atoms with Crippen LogP contribution in [0.1, 0.15) is 44.1 Å². The molecule has 1 aliphatic heterocycles. The summed E-state index contributed by atoms with van der Waals surface area (Å²) in [5.41, 5.74) is 2.35. The molecule has 2 heterocycles. The Morgan fingerprint density at radius 2 is 2.10 bits per heavy atom. The minimum Gasteiger partial charge on any atom is -0.339 e. The van der Waals surface area contributed by atoms with Gasteiger partial charge < -0.3 is 9.84 Å². The van der Waals surface area contributed by atoms with Crippen LogP contribution in [0.2, 0.25) is 0 Å². The average molecular weight is 271 g/mol. The Kier molecular flexibility index (Phi) is 3.83. The Morgan fingerprint density at radius 3 is 2.80 bits per heavy atom. The van der Waals surface area contributed by atoms with E-state index in [0.29, 0.717) is 17.8 Å². The molecule has 1 N–H and O–H groups in total. The molecule has 3 rings (SSSR count). The van der Waals surface area contributed by atoms with Crippen LogP contribution in [0.3, 0.4) is 0 Å². The molecule has 1 aromatic carbocycles. The number of rotatable bonds is 3. The summed E-state index contributed by atoms with van der Waals surface area (Å²) in [7, 11) is 0. The molecule has 106 valence electrons. The second-order valence-electron chi connectivity index (χ2n) is 5.58. The van der Waals surface area contributed by atoms with Gasteiger partial charge in [-0.05, 0) is 38.3 Å². The number of piperidine rings is 1. The predicted molar refractivity (Wildman–Crippen MR) is 78.6 cm³/mol. The number of nitrogens with zero attached hydrogens (tertiary/aromatic N) is 2. The van der Waals surface area contributed by atoms with E-state index in [9.17, 15) is 0 Å². The molecule has 0 bridgehead atoms.